The molecule has 1 N–H and O–H groups in total. The first-order chi connectivity index (χ1) is 13.4. The van der Waals surface area contributed by atoms with Gasteiger partial charge in [-0.15, -0.1) is 0 Å². The lowest BCUT2D eigenvalue weighted by molar-refractivity contribution is 0.515. The minimum atomic E-state index is -1.06. The lowest BCUT2D eigenvalue weighted by atomic mass is 10.0. The van der Waals surface area contributed by atoms with Gasteiger partial charge in [0.15, 0.2) is 22.9 Å². The van der Waals surface area contributed by atoms with Gasteiger partial charge in [-0.3, -0.25) is 4.79 Å². The van der Waals surface area contributed by atoms with Crippen molar-refractivity contribution < 1.29 is 8.78 Å². The van der Waals surface area contributed by atoms with Crippen molar-refractivity contribution in [3.63, 3.8) is 0 Å². The summed E-state index contributed by atoms with van der Waals surface area (Å²) in [6.45, 7) is 6.09. The van der Waals surface area contributed by atoms with E-state index in [0.29, 0.717) is 40.1 Å². The Bertz CT molecular complexity index is 1260. The van der Waals surface area contributed by atoms with E-state index in [0.717, 1.165) is 11.9 Å². The average molecular weight is 383 g/mol. The fourth-order valence-corrected chi connectivity index (χ4v) is 3.42. The largest absolute Gasteiger partial charge is 0.319 e. The Balaban J connectivity index is 1.97. The van der Waals surface area contributed by atoms with Crippen molar-refractivity contribution in [1.29, 1.82) is 0 Å². The lowest BCUT2D eigenvalue weighted by Crippen LogP contribution is -2.17. The molecule has 0 saturated heterocycles. The zero-order valence-electron chi connectivity index (χ0n) is 15.8. The third-order valence-electron chi connectivity index (χ3n) is 4.82. The van der Waals surface area contributed by atoms with E-state index in [9.17, 15) is 13.6 Å². The van der Waals surface area contributed by atoms with Gasteiger partial charge in [0, 0.05) is 29.8 Å². The van der Waals surface area contributed by atoms with E-state index in [2.05, 4.69) is 33.8 Å². The van der Waals surface area contributed by atoms with Crippen LogP contribution in [0.2, 0.25) is 0 Å². The van der Waals surface area contributed by atoms with Crippen LogP contribution in [0.4, 0.5) is 8.78 Å². The van der Waals surface area contributed by atoms with Crippen molar-refractivity contribution in [2.75, 3.05) is 0 Å². The van der Waals surface area contributed by atoms with Crippen molar-refractivity contribution in [3.05, 3.63) is 63.5 Å². The number of aromatic nitrogens is 5. The number of hydrogen-bond donors (Lipinski definition) is 1. The molecule has 0 aliphatic heterocycles. The highest BCUT2D eigenvalue weighted by Gasteiger charge is 2.19. The van der Waals surface area contributed by atoms with Crippen molar-refractivity contribution in [3.8, 4) is 0 Å². The molecule has 8 heteroatoms. The van der Waals surface area contributed by atoms with Gasteiger partial charge in [-0.05, 0) is 30.5 Å². The lowest BCUT2D eigenvalue weighted by Gasteiger charge is -2.14. The second kappa shape index (κ2) is 6.78. The van der Waals surface area contributed by atoms with Crippen LogP contribution in [0.25, 0.3) is 22.2 Å². The highest BCUT2D eigenvalue weighted by Crippen LogP contribution is 2.25. The summed E-state index contributed by atoms with van der Waals surface area (Å²) in [6.07, 6.45) is 3.85. The van der Waals surface area contributed by atoms with Crippen LogP contribution in [0, 0.1) is 24.5 Å². The maximum atomic E-state index is 14.3. The Morgan fingerprint density at radius 3 is 2.68 bits per heavy atom. The molecule has 0 unspecified atom stereocenters. The number of hydrogen-bond acceptors (Lipinski definition) is 4. The number of imidazole rings is 1. The molecule has 3 aromatic heterocycles. The molecule has 144 valence electrons. The van der Waals surface area contributed by atoms with Gasteiger partial charge in [0.2, 0.25) is 0 Å². The summed E-state index contributed by atoms with van der Waals surface area (Å²) in [5.41, 5.74) is 1.57. The molecule has 3 heterocycles. The van der Waals surface area contributed by atoms with Gasteiger partial charge in [0.1, 0.15) is 5.82 Å². The zero-order valence-corrected chi connectivity index (χ0v) is 15.8. The maximum Gasteiger partial charge on any atom is 0.251 e. The molecule has 0 saturated carbocycles. The summed E-state index contributed by atoms with van der Waals surface area (Å²) in [5, 5.41) is 0.456. The normalized spacial score (nSPS) is 11.8. The number of rotatable bonds is 4. The third kappa shape index (κ3) is 2.94. The highest BCUT2D eigenvalue weighted by molar-refractivity contribution is 5.84. The minimum absolute atomic E-state index is 0.133. The van der Waals surface area contributed by atoms with Crippen LogP contribution in [0.15, 0.2) is 29.3 Å². The molecule has 0 fully saturated rings. The van der Waals surface area contributed by atoms with Gasteiger partial charge in [-0.2, -0.15) is 0 Å². The first kappa shape index (κ1) is 18.2. The number of halogens is 2. The van der Waals surface area contributed by atoms with E-state index in [-0.39, 0.29) is 12.1 Å². The Labute approximate surface area is 159 Å². The minimum Gasteiger partial charge on any atom is -0.319 e. The second-order valence-corrected chi connectivity index (χ2v) is 7.26. The Kier molecular flexibility index (Phi) is 4.41. The monoisotopic (exact) mass is 383 g/mol. The summed E-state index contributed by atoms with van der Waals surface area (Å²) in [7, 11) is 0. The number of benzene rings is 1. The van der Waals surface area contributed by atoms with Crippen molar-refractivity contribution in [2.24, 2.45) is 5.92 Å². The Hall–Kier alpha value is -3.16. The van der Waals surface area contributed by atoms with Gasteiger partial charge >= 0.3 is 0 Å². The van der Waals surface area contributed by atoms with E-state index in [1.165, 1.54) is 6.07 Å². The van der Waals surface area contributed by atoms with Gasteiger partial charge in [-0.25, -0.2) is 23.7 Å². The van der Waals surface area contributed by atoms with Gasteiger partial charge in [0.25, 0.3) is 5.56 Å². The molecule has 4 aromatic rings. The van der Waals surface area contributed by atoms with Crippen LogP contribution in [0.1, 0.15) is 30.8 Å². The van der Waals surface area contributed by atoms with Crippen LogP contribution < -0.4 is 5.56 Å². The van der Waals surface area contributed by atoms with E-state index >= 15 is 0 Å². The molecular weight excluding hydrogens is 364 g/mol. The second-order valence-electron chi connectivity index (χ2n) is 7.26. The molecular formula is C20H19F2N5O. The molecule has 0 spiro atoms. The first-order valence-corrected chi connectivity index (χ1v) is 9.02. The van der Waals surface area contributed by atoms with E-state index in [1.54, 1.807) is 19.3 Å². The number of pyridine rings is 1. The third-order valence-corrected chi connectivity index (χ3v) is 4.82. The highest BCUT2D eigenvalue weighted by atomic mass is 19.2. The van der Waals surface area contributed by atoms with Crippen molar-refractivity contribution in [2.45, 2.75) is 33.7 Å². The van der Waals surface area contributed by atoms with Crippen LogP contribution in [0.3, 0.4) is 0 Å². The number of nitrogens with zero attached hydrogens (tertiary/aromatic N) is 4. The molecule has 0 atom stereocenters. The molecule has 0 aliphatic carbocycles. The van der Waals surface area contributed by atoms with Gasteiger partial charge in [0.05, 0.1) is 12.1 Å². The van der Waals surface area contributed by atoms with Crippen LogP contribution >= 0.6 is 0 Å². The van der Waals surface area contributed by atoms with Crippen LogP contribution in [-0.4, -0.2) is 24.5 Å². The predicted molar refractivity (Wildman–Crippen MR) is 102 cm³/mol. The van der Waals surface area contributed by atoms with Gasteiger partial charge < -0.3 is 9.55 Å². The number of nitrogens with one attached hydrogen (secondary N) is 1. The van der Waals surface area contributed by atoms with E-state index in [4.69, 9.17) is 0 Å². The quantitative estimate of drug-likeness (QED) is 0.585. The summed E-state index contributed by atoms with van der Waals surface area (Å²) < 4.78 is 29.9. The molecule has 0 bridgehead atoms. The summed E-state index contributed by atoms with van der Waals surface area (Å²) in [6, 6.07) is 2.55. The van der Waals surface area contributed by atoms with E-state index < -0.39 is 17.2 Å². The van der Waals surface area contributed by atoms with Crippen molar-refractivity contribution in [1.82, 2.24) is 24.5 Å². The smallest absolute Gasteiger partial charge is 0.251 e. The van der Waals surface area contributed by atoms with Crippen LogP contribution in [0.5, 0.6) is 0 Å². The topological polar surface area (TPSA) is 76.5 Å². The molecule has 4 rings (SSSR count). The zero-order chi connectivity index (χ0) is 20.0. The summed E-state index contributed by atoms with van der Waals surface area (Å²) in [4.78, 5) is 28.1. The Morgan fingerprint density at radius 1 is 1.18 bits per heavy atom. The number of aromatic amines is 1. The molecule has 0 amide bonds. The standard InChI is InChI=1S/C20H19F2N5O/c1-10(2)8-15-25-18-19(24-7-6-23-18)27(15)9-13-11(3)20(28)26-17-12(13)4-5-14(21)16(17)22/h4-7,10H,8-9H2,1-3H3,(H,26,28). The average Bonchev–Trinajstić information content (AvgIpc) is 2.99. The molecule has 1 aromatic carbocycles. The Morgan fingerprint density at radius 2 is 1.93 bits per heavy atom. The van der Waals surface area contributed by atoms with E-state index in [1.807, 2.05) is 4.57 Å². The molecule has 6 nitrogen and oxygen atoms in total. The van der Waals surface area contributed by atoms with Crippen LogP contribution in [-0.2, 0) is 13.0 Å². The number of H-pyrrole nitrogens is 1. The molecule has 0 radical (unpaired) electrons. The van der Waals surface area contributed by atoms with Gasteiger partial charge in [-0.1, -0.05) is 13.8 Å². The molecule has 28 heavy (non-hydrogen) atoms. The fraction of sp³-hybridized carbons (Fsp3) is 0.300. The predicted octanol–water partition coefficient (Wildman–Crippen LogP) is 3.50. The fourth-order valence-electron chi connectivity index (χ4n) is 3.42. The van der Waals surface area contributed by atoms with Crippen molar-refractivity contribution >= 4 is 22.2 Å². The first-order valence-electron chi connectivity index (χ1n) is 9.02. The summed E-state index contributed by atoms with van der Waals surface area (Å²) >= 11 is 0. The number of fused-ring (bicyclic) bond motifs is 2. The summed E-state index contributed by atoms with van der Waals surface area (Å²) in [5.74, 6) is -0.934. The molecule has 0 aliphatic rings. The SMILES string of the molecule is Cc1c(Cn2c(CC(C)C)nc3nccnc32)c2ccc(F)c(F)c2[nH]c1=O. The maximum absolute atomic E-state index is 14.3.